The molecule has 5 nitrogen and oxygen atoms in total. The fraction of sp³-hybridized carbons (Fsp3) is 0.0769. The molecule has 2 rings (SSSR count). The zero-order chi connectivity index (χ0) is 14.0. The van der Waals surface area contributed by atoms with E-state index in [9.17, 15) is 9.59 Å². The molecule has 6 heteroatoms. The summed E-state index contributed by atoms with van der Waals surface area (Å²) in [5, 5.41) is 9.65. The molecule has 0 radical (unpaired) electrons. The van der Waals surface area contributed by atoms with E-state index in [1.54, 1.807) is 18.2 Å². The van der Waals surface area contributed by atoms with E-state index in [-0.39, 0.29) is 11.1 Å². The Hall–Kier alpha value is -2.27. The molecule has 0 unspecified atom stereocenters. The third-order valence-electron chi connectivity index (χ3n) is 2.55. The summed E-state index contributed by atoms with van der Waals surface area (Å²) in [7, 11) is 1.49. The third kappa shape index (κ3) is 2.77. The van der Waals surface area contributed by atoms with Crippen LogP contribution in [-0.4, -0.2) is 23.2 Å². The van der Waals surface area contributed by atoms with Crippen molar-refractivity contribution in [2.45, 2.75) is 0 Å². The zero-order valence-corrected chi connectivity index (χ0v) is 10.7. The van der Waals surface area contributed by atoms with E-state index in [0.717, 1.165) is 6.08 Å². The van der Waals surface area contributed by atoms with Crippen molar-refractivity contribution in [2.24, 2.45) is 0 Å². The average Bonchev–Trinajstić information content (AvgIpc) is 2.35. The van der Waals surface area contributed by atoms with Gasteiger partial charge in [0.2, 0.25) is 0 Å². The van der Waals surface area contributed by atoms with E-state index in [2.05, 4.69) is 4.98 Å². The molecule has 0 spiro atoms. The molecule has 2 aromatic rings. The smallest absolute Gasteiger partial charge is 0.328 e. The minimum atomic E-state index is -1.12. The first-order valence-corrected chi connectivity index (χ1v) is 5.70. The Morgan fingerprint density at radius 3 is 2.79 bits per heavy atom. The highest BCUT2D eigenvalue weighted by molar-refractivity contribution is 6.32. The number of carbonyl (C=O) groups is 1. The number of hydrogen-bond acceptors (Lipinski definition) is 3. The van der Waals surface area contributed by atoms with Gasteiger partial charge in [0.25, 0.3) is 5.56 Å². The number of benzene rings is 1. The fourth-order valence-corrected chi connectivity index (χ4v) is 1.91. The third-order valence-corrected chi connectivity index (χ3v) is 2.85. The Labute approximate surface area is 113 Å². The first-order chi connectivity index (χ1) is 9.01. The standard InChI is InChI=1S/C13H10ClNO4/c1-19-11-5-8-4-7(2-3-12(16)17)13(18)15-10(8)6-9(11)14/h2-6H,1H3,(H,15,18)(H,16,17)/b3-2+. The monoisotopic (exact) mass is 279 g/mol. The second kappa shape index (κ2) is 5.16. The van der Waals surface area contributed by atoms with Gasteiger partial charge in [-0.2, -0.15) is 0 Å². The molecule has 98 valence electrons. The summed E-state index contributed by atoms with van der Waals surface area (Å²) in [4.78, 5) is 24.8. The topological polar surface area (TPSA) is 79.4 Å². The maximum atomic E-state index is 11.7. The van der Waals surface area contributed by atoms with Crippen molar-refractivity contribution in [1.29, 1.82) is 0 Å². The number of aromatic amines is 1. The number of carboxylic acids is 1. The van der Waals surface area contributed by atoms with Crippen LogP contribution in [0.4, 0.5) is 0 Å². The number of methoxy groups -OCH3 is 1. The number of fused-ring (bicyclic) bond motifs is 1. The number of halogens is 1. The first kappa shape index (κ1) is 13.2. The maximum Gasteiger partial charge on any atom is 0.328 e. The van der Waals surface area contributed by atoms with Crippen LogP contribution in [0.1, 0.15) is 5.56 Å². The number of aliphatic carboxylic acids is 1. The van der Waals surface area contributed by atoms with Crippen LogP contribution >= 0.6 is 11.6 Å². The minimum absolute atomic E-state index is 0.249. The summed E-state index contributed by atoms with van der Waals surface area (Å²) in [5.41, 5.74) is 0.425. The van der Waals surface area contributed by atoms with Crippen LogP contribution in [0.15, 0.2) is 29.1 Å². The number of ether oxygens (including phenoxy) is 1. The normalized spacial score (nSPS) is 11.1. The summed E-state index contributed by atoms with van der Waals surface area (Å²) in [6, 6.07) is 4.83. The van der Waals surface area contributed by atoms with Crippen LogP contribution < -0.4 is 10.3 Å². The molecule has 0 fully saturated rings. The van der Waals surface area contributed by atoms with Gasteiger partial charge in [-0.1, -0.05) is 11.6 Å². The highest BCUT2D eigenvalue weighted by Crippen LogP contribution is 2.28. The number of aromatic nitrogens is 1. The molecule has 0 saturated heterocycles. The van der Waals surface area contributed by atoms with E-state index >= 15 is 0 Å². The zero-order valence-electron chi connectivity index (χ0n) is 9.94. The lowest BCUT2D eigenvalue weighted by Crippen LogP contribution is -2.09. The number of H-pyrrole nitrogens is 1. The molecular weight excluding hydrogens is 270 g/mol. The van der Waals surface area contributed by atoms with Crippen LogP contribution in [0, 0.1) is 0 Å². The van der Waals surface area contributed by atoms with Crippen molar-refractivity contribution in [3.63, 3.8) is 0 Å². The summed E-state index contributed by atoms with van der Waals surface area (Å²) in [6.45, 7) is 0. The molecule has 0 aliphatic rings. The van der Waals surface area contributed by atoms with Crippen molar-refractivity contribution in [3.05, 3.63) is 45.2 Å². The number of nitrogens with one attached hydrogen (secondary N) is 1. The number of carboxylic acid groups (broad SMARTS) is 1. The molecule has 0 amide bonds. The molecule has 0 aliphatic heterocycles. The van der Waals surface area contributed by atoms with Gasteiger partial charge in [0, 0.05) is 17.0 Å². The number of hydrogen-bond donors (Lipinski definition) is 2. The Morgan fingerprint density at radius 1 is 1.42 bits per heavy atom. The molecule has 1 aromatic carbocycles. The molecule has 1 heterocycles. The van der Waals surface area contributed by atoms with Gasteiger partial charge in [-0.15, -0.1) is 0 Å². The highest BCUT2D eigenvalue weighted by atomic mass is 35.5. The van der Waals surface area contributed by atoms with E-state index in [4.69, 9.17) is 21.4 Å². The van der Waals surface area contributed by atoms with Gasteiger partial charge < -0.3 is 14.8 Å². The Bertz CT molecular complexity index is 733. The Kier molecular flexibility index (Phi) is 3.57. The maximum absolute atomic E-state index is 11.7. The van der Waals surface area contributed by atoms with Gasteiger partial charge in [0.1, 0.15) is 5.75 Å². The van der Waals surface area contributed by atoms with Crippen LogP contribution in [-0.2, 0) is 4.79 Å². The second-order valence-electron chi connectivity index (χ2n) is 3.80. The van der Waals surface area contributed by atoms with E-state index in [1.165, 1.54) is 13.2 Å². The number of rotatable bonds is 3. The van der Waals surface area contributed by atoms with Crippen molar-refractivity contribution in [1.82, 2.24) is 4.98 Å². The molecule has 0 atom stereocenters. The minimum Gasteiger partial charge on any atom is -0.495 e. The van der Waals surface area contributed by atoms with Crippen molar-refractivity contribution < 1.29 is 14.6 Å². The van der Waals surface area contributed by atoms with Crippen molar-refractivity contribution >= 4 is 34.5 Å². The molecule has 1 aromatic heterocycles. The van der Waals surface area contributed by atoms with E-state index in [0.29, 0.717) is 21.7 Å². The predicted octanol–water partition coefficient (Wildman–Crippen LogP) is 2.29. The SMILES string of the molecule is COc1cc2cc(/C=C/C(=O)O)c(=O)[nH]c2cc1Cl. The van der Waals surface area contributed by atoms with Crippen LogP contribution in [0.25, 0.3) is 17.0 Å². The lowest BCUT2D eigenvalue weighted by atomic mass is 10.1. The lowest BCUT2D eigenvalue weighted by Gasteiger charge is -2.05. The van der Waals surface area contributed by atoms with Crippen molar-refractivity contribution in [3.8, 4) is 5.75 Å². The Balaban J connectivity index is 2.63. The molecular formula is C13H10ClNO4. The summed E-state index contributed by atoms with van der Waals surface area (Å²) >= 11 is 5.96. The first-order valence-electron chi connectivity index (χ1n) is 5.33. The van der Waals surface area contributed by atoms with Gasteiger partial charge in [0.05, 0.1) is 17.6 Å². The van der Waals surface area contributed by atoms with E-state index < -0.39 is 5.97 Å². The van der Waals surface area contributed by atoms with Crippen molar-refractivity contribution in [2.75, 3.05) is 7.11 Å². The van der Waals surface area contributed by atoms with Crippen LogP contribution in [0.2, 0.25) is 5.02 Å². The van der Waals surface area contributed by atoms with Crippen LogP contribution in [0.5, 0.6) is 5.75 Å². The van der Waals surface area contributed by atoms with Gasteiger partial charge in [-0.05, 0) is 24.3 Å². The van der Waals surface area contributed by atoms with Gasteiger partial charge in [0.15, 0.2) is 0 Å². The molecule has 2 N–H and O–H groups in total. The molecule has 19 heavy (non-hydrogen) atoms. The average molecular weight is 280 g/mol. The fourth-order valence-electron chi connectivity index (χ4n) is 1.67. The summed E-state index contributed by atoms with van der Waals surface area (Å²) in [5.74, 6) is -0.637. The predicted molar refractivity (Wildman–Crippen MR) is 72.8 cm³/mol. The quantitative estimate of drug-likeness (QED) is 0.845. The van der Waals surface area contributed by atoms with Gasteiger partial charge in [-0.3, -0.25) is 4.79 Å². The summed E-state index contributed by atoms with van der Waals surface area (Å²) < 4.78 is 5.09. The largest absolute Gasteiger partial charge is 0.495 e. The molecule has 0 saturated carbocycles. The highest BCUT2D eigenvalue weighted by Gasteiger charge is 2.06. The Morgan fingerprint density at radius 2 is 2.16 bits per heavy atom. The van der Waals surface area contributed by atoms with Gasteiger partial charge >= 0.3 is 5.97 Å². The number of pyridine rings is 1. The summed E-state index contributed by atoms with van der Waals surface area (Å²) in [6.07, 6.45) is 2.14. The van der Waals surface area contributed by atoms with Crippen LogP contribution in [0.3, 0.4) is 0 Å². The lowest BCUT2D eigenvalue weighted by molar-refractivity contribution is -0.131. The van der Waals surface area contributed by atoms with Gasteiger partial charge in [-0.25, -0.2) is 4.79 Å². The second-order valence-corrected chi connectivity index (χ2v) is 4.21. The molecule has 0 aliphatic carbocycles. The van der Waals surface area contributed by atoms with E-state index in [1.807, 2.05) is 0 Å². The molecule has 0 bridgehead atoms.